The van der Waals surface area contributed by atoms with Gasteiger partial charge in [0.15, 0.2) is 0 Å². The van der Waals surface area contributed by atoms with Crippen LogP contribution < -0.4 is 15.8 Å². The first kappa shape index (κ1) is 20.1. The van der Waals surface area contributed by atoms with Gasteiger partial charge in [-0.25, -0.2) is 0 Å². The molecule has 3 aromatic rings. The fourth-order valence-electron chi connectivity index (χ4n) is 2.92. The maximum absolute atomic E-state index is 12.5. The normalized spacial score (nSPS) is 10.2. The molecule has 0 spiro atoms. The standard InChI is InChI=1S/C24H25N3O2/c28-23(17-10-18-25-24(29)21-13-6-2-7-14-21)26-27(22-15-8-3-9-16-22)19-20-11-4-1-5-12-20/h1-9,11-16H,10,17-19H2,(H,25,29)(H,26,28). The summed E-state index contributed by atoms with van der Waals surface area (Å²) in [5.41, 5.74) is 5.63. The maximum atomic E-state index is 12.5. The van der Waals surface area contributed by atoms with Gasteiger partial charge in [0.05, 0.1) is 12.2 Å². The summed E-state index contributed by atoms with van der Waals surface area (Å²) in [7, 11) is 0. The van der Waals surface area contributed by atoms with Gasteiger partial charge in [-0.15, -0.1) is 0 Å². The van der Waals surface area contributed by atoms with Crippen LogP contribution in [-0.4, -0.2) is 18.4 Å². The molecule has 0 unspecified atom stereocenters. The maximum Gasteiger partial charge on any atom is 0.251 e. The fraction of sp³-hybridized carbons (Fsp3) is 0.167. The zero-order valence-electron chi connectivity index (χ0n) is 16.3. The molecule has 0 saturated carbocycles. The largest absolute Gasteiger partial charge is 0.352 e. The van der Waals surface area contributed by atoms with E-state index in [9.17, 15) is 9.59 Å². The molecule has 0 bridgehead atoms. The molecular weight excluding hydrogens is 362 g/mol. The quantitative estimate of drug-likeness (QED) is 0.432. The van der Waals surface area contributed by atoms with Gasteiger partial charge in [0.1, 0.15) is 0 Å². The molecule has 0 atom stereocenters. The average molecular weight is 387 g/mol. The second kappa shape index (κ2) is 10.7. The summed E-state index contributed by atoms with van der Waals surface area (Å²) in [5.74, 6) is -0.209. The molecule has 3 rings (SSSR count). The zero-order valence-corrected chi connectivity index (χ0v) is 16.3. The molecule has 0 fully saturated rings. The van der Waals surface area contributed by atoms with Crippen molar-refractivity contribution in [3.05, 3.63) is 102 Å². The van der Waals surface area contributed by atoms with Crippen molar-refractivity contribution in [1.29, 1.82) is 0 Å². The molecule has 0 aliphatic rings. The predicted molar refractivity (Wildman–Crippen MR) is 115 cm³/mol. The molecule has 0 radical (unpaired) electrons. The minimum Gasteiger partial charge on any atom is -0.352 e. The Balaban J connectivity index is 1.50. The van der Waals surface area contributed by atoms with Crippen LogP contribution in [0.2, 0.25) is 0 Å². The molecule has 0 saturated heterocycles. The lowest BCUT2D eigenvalue weighted by Gasteiger charge is -2.25. The molecule has 2 N–H and O–H groups in total. The van der Waals surface area contributed by atoms with Crippen LogP contribution in [-0.2, 0) is 11.3 Å². The summed E-state index contributed by atoms with van der Waals surface area (Å²) in [5, 5.41) is 4.69. The average Bonchev–Trinajstić information content (AvgIpc) is 2.78. The molecule has 5 heteroatoms. The smallest absolute Gasteiger partial charge is 0.251 e. The van der Waals surface area contributed by atoms with Gasteiger partial charge in [0, 0.05) is 18.5 Å². The number of nitrogens with one attached hydrogen (secondary N) is 2. The number of para-hydroxylation sites is 1. The number of hydrogen-bond donors (Lipinski definition) is 2. The minimum absolute atomic E-state index is 0.0845. The van der Waals surface area contributed by atoms with Crippen LogP contribution in [0.3, 0.4) is 0 Å². The third-order valence-electron chi connectivity index (χ3n) is 4.41. The molecule has 2 amide bonds. The first-order chi connectivity index (χ1) is 14.2. The molecule has 0 aromatic heterocycles. The molecule has 29 heavy (non-hydrogen) atoms. The monoisotopic (exact) mass is 387 g/mol. The topological polar surface area (TPSA) is 61.4 Å². The van der Waals surface area contributed by atoms with E-state index in [0.29, 0.717) is 31.5 Å². The Morgan fingerprint density at radius 2 is 1.34 bits per heavy atom. The summed E-state index contributed by atoms with van der Waals surface area (Å²) < 4.78 is 0. The first-order valence-corrected chi connectivity index (χ1v) is 9.71. The van der Waals surface area contributed by atoms with Crippen molar-refractivity contribution in [2.45, 2.75) is 19.4 Å². The van der Waals surface area contributed by atoms with Crippen LogP contribution in [0.15, 0.2) is 91.0 Å². The predicted octanol–water partition coefficient (Wildman–Crippen LogP) is 3.93. The van der Waals surface area contributed by atoms with Crippen LogP contribution >= 0.6 is 0 Å². The lowest BCUT2D eigenvalue weighted by atomic mass is 10.2. The third-order valence-corrected chi connectivity index (χ3v) is 4.41. The number of carbonyl (C=O) groups excluding carboxylic acids is 2. The molecule has 0 aliphatic heterocycles. The van der Waals surface area contributed by atoms with Gasteiger partial charge < -0.3 is 5.32 Å². The minimum atomic E-state index is -0.124. The third kappa shape index (κ3) is 6.50. The van der Waals surface area contributed by atoms with Gasteiger partial charge in [-0.3, -0.25) is 20.0 Å². The van der Waals surface area contributed by atoms with E-state index in [2.05, 4.69) is 10.7 Å². The van der Waals surface area contributed by atoms with Crippen molar-refractivity contribution in [1.82, 2.24) is 10.7 Å². The Bertz CT molecular complexity index is 899. The van der Waals surface area contributed by atoms with Gasteiger partial charge >= 0.3 is 0 Å². The van der Waals surface area contributed by atoms with E-state index in [1.54, 1.807) is 12.1 Å². The Labute approximate surface area is 171 Å². The van der Waals surface area contributed by atoms with E-state index in [1.807, 2.05) is 83.9 Å². The summed E-state index contributed by atoms with van der Waals surface area (Å²) >= 11 is 0. The lowest BCUT2D eigenvalue weighted by molar-refractivity contribution is -0.121. The first-order valence-electron chi connectivity index (χ1n) is 9.71. The highest BCUT2D eigenvalue weighted by Crippen LogP contribution is 2.15. The van der Waals surface area contributed by atoms with Crippen molar-refractivity contribution in [3.8, 4) is 0 Å². The van der Waals surface area contributed by atoms with E-state index < -0.39 is 0 Å². The highest BCUT2D eigenvalue weighted by molar-refractivity contribution is 5.94. The van der Waals surface area contributed by atoms with E-state index in [1.165, 1.54) is 0 Å². The zero-order chi connectivity index (χ0) is 20.3. The van der Waals surface area contributed by atoms with Gasteiger partial charge in [-0.05, 0) is 36.2 Å². The Kier molecular flexibility index (Phi) is 7.41. The van der Waals surface area contributed by atoms with Crippen molar-refractivity contribution in [2.24, 2.45) is 0 Å². The number of amides is 2. The van der Waals surface area contributed by atoms with Gasteiger partial charge in [0.2, 0.25) is 5.91 Å². The van der Waals surface area contributed by atoms with Crippen molar-refractivity contribution in [2.75, 3.05) is 11.6 Å². The van der Waals surface area contributed by atoms with E-state index >= 15 is 0 Å². The number of hydrogen-bond acceptors (Lipinski definition) is 3. The molecule has 0 heterocycles. The second-order valence-corrected chi connectivity index (χ2v) is 6.67. The van der Waals surface area contributed by atoms with Crippen LogP contribution in [0, 0.1) is 0 Å². The van der Waals surface area contributed by atoms with E-state index in [0.717, 1.165) is 11.3 Å². The molecular formula is C24H25N3O2. The Morgan fingerprint density at radius 1 is 0.759 bits per heavy atom. The fourth-order valence-corrected chi connectivity index (χ4v) is 2.92. The number of rotatable bonds is 9. The van der Waals surface area contributed by atoms with E-state index in [4.69, 9.17) is 0 Å². The number of anilines is 1. The van der Waals surface area contributed by atoms with Crippen molar-refractivity contribution >= 4 is 17.5 Å². The number of benzene rings is 3. The summed E-state index contributed by atoms with van der Waals surface area (Å²) in [4.78, 5) is 24.5. The second-order valence-electron chi connectivity index (χ2n) is 6.67. The van der Waals surface area contributed by atoms with Gasteiger partial charge in [0.25, 0.3) is 5.91 Å². The highest BCUT2D eigenvalue weighted by atomic mass is 16.2. The Morgan fingerprint density at radius 3 is 2.00 bits per heavy atom. The van der Waals surface area contributed by atoms with Crippen molar-refractivity contribution < 1.29 is 9.59 Å². The number of hydrazine groups is 1. The van der Waals surface area contributed by atoms with Crippen LogP contribution in [0.4, 0.5) is 5.69 Å². The molecule has 3 aromatic carbocycles. The lowest BCUT2D eigenvalue weighted by Crippen LogP contribution is -2.42. The van der Waals surface area contributed by atoms with Crippen LogP contribution in [0.1, 0.15) is 28.8 Å². The van der Waals surface area contributed by atoms with Gasteiger partial charge in [-0.2, -0.15) is 0 Å². The summed E-state index contributed by atoms with van der Waals surface area (Å²) in [6, 6.07) is 28.8. The molecule has 148 valence electrons. The van der Waals surface area contributed by atoms with Gasteiger partial charge in [-0.1, -0.05) is 66.7 Å². The summed E-state index contributed by atoms with van der Waals surface area (Å²) in [6.07, 6.45) is 0.894. The highest BCUT2D eigenvalue weighted by Gasteiger charge is 2.11. The Hall–Kier alpha value is -3.60. The van der Waals surface area contributed by atoms with E-state index in [-0.39, 0.29) is 11.8 Å². The van der Waals surface area contributed by atoms with Crippen molar-refractivity contribution in [3.63, 3.8) is 0 Å². The molecule has 0 aliphatic carbocycles. The number of carbonyl (C=O) groups is 2. The van der Waals surface area contributed by atoms with Crippen LogP contribution in [0.25, 0.3) is 0 Å². The number of nitrogens with zero attached hydrogens (tertiary/aromatic N) is 1. The molecule has 5 nitrogen and oxygen atoms in total. The summed E-state index contributed by atoms with van der Waals surface area (Å²) in [6.45, 7) is 1.02. The van der Waals surface area contributed by atoms with Crippen LogP contribution in [0.5, 0.6) is 0 Å². The SMILES string of the molecule is O=C(CCCNC(=O)c1ccccc1)NN(Cc1ccccc1)c1ccccc1.